The number of hydrogen-bond acceptors (Lipinski definition) is 1. The first kappa shape index (κ1) is 17.5. The van der Waals surface area contributed by atoms with Crippen molar-refractivity contribution < 1.29 is 31.4 Å². The molecule has 0 aromatic rings. The maximum atomic E-state index is 12.5. The van der Waals surface area contributed by atoms with Crippen molar-refractivity contribution in [1.29, 1.82) is 0 Å². The van der Waals surface area contributed by atoms with Gasteiger partial charge in [-0.05, 0) is 24.7 Å². The Labute approximate surface area is 102 Å². The number of alkyl halides is 6. The summed E-state index contributed by atoms with van der Waals surface area (Å²) >= 11 is 0. The third-order valence-electron chi connectivity index (χ3n) is 2.90. The van der Waals surface area contributed by atoms with Gasteiger partial charge in [-0.15, -0.1) is 0 Å². The molecule has 0 radical (unpaired) electrons. The first-order valence-corrected chi connectivity index (χ1v) is 5.71. The van der Waals surface area contributed by atoms with Crippen LogP contribution in [0.4, 0.5) is 26.3 Å². The average molecular weight is 280 g/mol. The number of halogens is 6. The minimum atomic E-state index is -5.71. The van der Waals surface area contributed by atoms with Crippen LogP contribution >= 0.6 is 0 Å². The molecule has 0 amide bonds. The normalized spacial score (nSPS) is 16.2. The van der Waals surface area contributed by atoms with E-state index in [2.05, 4.69) is 0 Å². The minimum absolute atomic E-state index is 0.0272. The van der Waals surface area contributed by atoms with Crippen LogP contribution in [0, 0.1) is 11.8 Å². The predicted octanol–water partition coefficient (Wildman–Crippen LogP) is 4.30. The SMILES string of the molecule is CCC(CC(C)C)CC(O)(C(F)(F)F)C(F)(F)F. The third kappa shape index (κ3) is 4.03. The van der Waals surface area contributed by atoms with Gasteiger partial charge in [0.15, 0.2) is 0 Å². The van der Waals surface area contributed by atoms with Gasteiger partial charge in [0.05, 0.1) is 0 Å². The zero-order valence-corrected chi connectivity index (χ0v) is 10.5. The molecule has 0 rings (SSSR count). The Morgan fingerprint density at radius 2 is 1.33 bits per heavy atom. The highest BCUT2D eigenvalue weighted by atomic mass is 19.4. The highest BCUT2D eigenvalue weighted by Gasteiger charge is 2.70. The van der Waals surface area contributed by atoms with E-state index in [1.165, 1.54) is 6.92 Å². The van der Waals surface area contributed by atoms with Crippen LogP contribution in [0.2, 0.25) is 0 Å². The summed E-state index contributed by atoms with van der Waals surface area (Å²) in [4.78, 5) is 0. The molecule has 1 N–H and O–H groups in total. The number of aliphatic hydroxyl groups is 1. The fraction of sp³-hybridized carbons (Fsp3) is 1.00. The lowest BCUT2D eigenvalue weighted by Gasteiger charge is -2.35. The molecule has 1 nitrogen and oxygen atoms in total. The summed E-state index contributed by atoms with van der Waals surface area (Å²) in [6.07, 6.45) is -12.4. The summed E-state index contributed by atoms with van der Waals surface area (Å²) in [5.74, 6) is -0.848. The van der Waals surface area contributed by atoms with Crippen molar-refractivity contribution in [2.45, 2.75) is 58.0 Å². The third-order valence-corrected chi connectivity index (χ3v) is 2.90. The molecule has 7 heteroatoms. The van der Waals surface area contributed by atoms with E-state index in [1.807, 2.05) is 0 Å². The molecule has 0 saturated carbocycles. The first-order valence-electron chi connectivity index (χ1n) is 5.71. The number of rotatable bonds is 5. The molecule has 0 bridgehead atoms. The molecule has 0 aromatic carbocycles. The molecular weight excluding hydrogens is 262 g/mol. The highest BCUT2D eigenvalue weighted by molar-refractivity contribution is 4.95. The lowest BCUT2D eigenvalue weighted by atomic mass is 9.83. The van der Waals surface area contributed by atoms with E-state index < -0.39 is 30.3 Å². The molecule has 0 aliphatic rings. The van der Waals surface area contributed by atoms with Crippen molar-refractivity contribution in [3.63, 3.8) is 0 Å². The maximum absolute atomic E-state index is 12.5. The summed E-state index contributed by atoms with van der Waals surface area (Å²) in [7, 11) is 0. The van der Waals surface area contributed by atoms with Crippen LogP contribution in [-0.4, -0.2) is 23.1 Å². The molecule has 0 aliphatic carbocycles. The van der Waals surface area contributed by atoms with Gasteiger partial charge >= 0.3 is 12.4 Å². The topological polar surface area (TPSA) is 20.2 Å². The van der Waals surface area contributed by atoms with Crippen molar-refractivity contribution in [3.8, 4) is 0 Å². The lowest BCUT2D eigenvalue weighted by Crippen LogP contribution is -2.57. The van der Waals surface area contributed by atoms with Gasteiger partial charge in [-0.3, -0.25) is 0 Å². The molecule has 0 spiro atoms. The van der Waals surface area contributed by atoms with E-state index in [4.69, 9.17) is 5.11 Å². The van der Waals surface area contributed by atoms with E-state index in [9.17, 15) is 26.3 Å². The van der Waals surface area contributed by atoms with Gasteiger partial charge in [0.1, 0.15) is 0 Å². The van der Waals surface area contributed by atoms with Crippen molar-refractivity contribution in [2.24, 2.45) is 11.8 Å². The predicted molar refractivity (Wildman–Crippen MR) is 54.9 cm³/mol. The van der Waals surface area contributed by atoms with E-state index in [0.717, 1.165) is 0 Å². The van der Waals surface area contributed by atoms with Gasteiger partial charge in [-0.2, -0.15) is 26.3 Å². The Hall–Kier alpha value is -0.460. The molecule has 0 saturated heterocycles. The zero-order chi connectivity index (χ0) is 14.8. The standard InChI is InChI=1S/C11H18F6O/c1-4-8(5-7(2)3)6-9(18,10(12,13)14)11(15,16)17/h7-8,18H,4-6H2,1-3H3. The summed E-state index contributed by atoms with van der Waals surface area (Å²) in [5, 5.41) is 9.05. The summed E-state index contributed by atoms with van der Waals surface area (Å²) in [5.41, 5.74) is -4.62. The number of hydrogen-bond donors (Lipinski definition) is 1. The van der Waals surface area contributed by atoms with Gasteiger partial charge in [0.25, 0.3) is 5.60 Å². The fourth-order valence-electron chi connectivity index (χ4n) is 1.87. The molecule has 0 aliphatic heterocycles. The minimum Gasteiger partial charge on any atom is -0.374 e. The molecule has 0 fully saturated rings. The second kappa shape index (κ2) is 5.67. The van der Waals surface area contributed by atoms with Crippen LogP contribution in [0.25, 0.3) is 0 Å². The Bertz CT molecular complexity index is 241. The quantitative estimate of drug-likeness (QED) is 0.744. The zero-order valence-electron chi connectivity index (χ0n) is 10.5. The van der Waals surface area contributed by atoms with Gasteiger partial charge in [0.2, 0.25) is 0 Å². The van der Waals surface area contributed by atoms with Gasteiger partial charge in [-0.25, -0.2) is 0 Å². The molecule has 18 heavy (non-hydrogen) atoms. The van der Waals surface area contributed by atoms with Gasteiger partial charge < -0.3 is 5.11 Å². The van der Waals surface area contributed by atoms with Gasteiger partial charge in [0, 0.05) is 0 Å². The van der Waals surface area contributed by atoms with Crippen LogP contribution in [-0.2, 0) is 0 Å². The largest absolute Gasteiger partial charge is 0.426 e. The average Bonchev–Trinajstić information content (AvgIpc) is 2.12. The van der Waals surface area contributed by atoms with Crippen LogP contribution in [0.1, 0.15) is 40.0 Å². The molecule has 0 aromatic heterocycles. The molecule has 0 heterocycles. The fourth-order valence-corrected chi connectivity index (χ4v) is 1.87. The second-order valence-electron chi connectivity index (χ2n) is 4.96. The van der Waals surface area contributed by atoms with E-state index in [1.54, 1.807) is 13.8 Å². The molecule has 110 valence electrons. The summed E-state index contributed by atoms with van der Waals surface area (Å²) in [6, 6.07) is 0. The molecular formula is C11H18F6O. The van der Waals surface area contributed by atoms with Crippen molar-refractivity contribution >= 4 is 0 Å². The Morgan fingerprint density at radius 3 is 1.56 bits per heavy atom. The smallest absolute Gasteiger partial charge is 0.374 e. The van der Waals surface area contributed by atoms with Crippen LogP contribution < -0.4 is 0 Å². The molecule has 1 atom stereocenters. The van der Waals surface area contributed by atoms with Crippen molar-refractivity contribution in [3.05, 3.63) is 0 Å². The first-order chi connectivity index (χ1) is 7.85. The highest BCUT2D eigenvalue weighted by Crippen LogP contribution is 2.47. The monoisotopic (exact) mass is 280 g/mol. The second-order valence-corrected chi connectivity index (χ2v) is 4.96. The Morgan fingerprint density at radius 1 is 0.944 bits per heavy atom. The summed E-state index contributed by atoms with van der Waals surface area (Å²) in [6.45, 7) is 4.94. The molecule has 1 unspecified atom stereocenters. The van der Waals surface area contributed by atoms with Crippen molar-refractivity contribution in [1.82, 2.24) is 0 Å². The lowest BCUT2D eigenvalue weighted by molar-refractivity contribution is -0.373. The Balaban J connectivity index is 5.14. The van der Waals surface area contributed by atoms with Crippen molar-refractivity contribution in [2.75, 3.05) is 0 Å². The van der Waals surface area contributed by atoms with Crippen LogP contribution in [0.3, 0.4) is 0 Å². The Kier molecular flexibility index (Phi) is 5.53. The maximum Gasteiger partial charge on any atom is 0.426 e. The van der Waals surface area contributed by atoms with E-state index in [-0.39, 0.29) is 18.8 Å². The van der Waals surface area contributed by atoms with E-state index in [0.29, 0.717) is 0 Å². The van der Waals surface area contributed by atoms with Gasteiger partial charge in [-0.1, -0.05) is 27.2 Å². The van der Waals surface area contributed by atoms with Crippen LogP contribution in [0.15, 0.2) is 0 Å². The summed E-state index contributed by atoms with van der Waals surface area (Å²) < 4.78 is 74.8. The van der Waals surface area contributed by atoms with E-state index >= 15 is 0 Å². The van der Waals surface area contributed by atoms with Crippen LogP contribution in [0.5, 0.6) is 0 Å².